The first-order chi connectivity index (χ1) is 31.5. The topological polar surface area (TPSA) is 150 Å². The number of hydrogen-bond acceptors (Lipinski definition) is 11. The second-order valence-corrected chi connectivity index (χ2v) is 23.2. The molecule has 0 radical (unpaired) electrons. The predicted octanol–water partition coefficient (Wildman–Crippen LogP) is 10.7. The van der Waals surface area contributed by atoms with Crippen molar-refractivity contribution >= 4 is 44.3 Å². The third-order valence-corrected chi connectivity index (χ3v) is 15.0. The van der Waals surface area contributed by atoms with Crippen molar-refractivity contribution in [1.29, 1.82) is 0 Å². The number of aryl methyl sites for hydroxylation is 1. The summed E-state index contributed by atoms with van der Waals surface area (Å²) in [5.74, 6) is 0.351. The van der Waals surface area contributed by atoms with E-state index in [4.69, 9.17) is 23.7 Å². The Morgan fingerprint density at radius 2 is 1.64 bits per heavy atom. The lowest BCUT2D eigenvalue weighted by molar-refractivity contribution is -0.0807. The van der Waals surface area contributed by atoms with Gasteiger partial charge in [-0.15, -0.1) is 11.3 Å². The maximum absolute atomic E-state index is 14.2. The van der Waals surface area contributed by atoms with Crippen LogP contribution >= 0.6 is 11.3 Å². The number of amides is 2. The molecule has 2 heterocycles. The van der Waals surface area contributed by atoms with E-state index in [0.717, 1.165) is 48.1 Å². The molecule has 6 rings (SSSR count). The van der Waals surface area contributed by atoms with Gasteiger partial charge in [-0.3, -0.25) is 9.69 Å². The predicted molar refractivity (Wildman–Crippen MR) is 262 cm³/mol. The third-order valence-electron chi connectivity index (χ3n) is 12.0. The number of anilines is 1. The second kappa shape index (κ2) is 21.1. The van der Waals surface area contributed by atoms with Gasteiger partial charge in [0.1, 0.15) is 34.4 Å². The number of carbonyl (C=O) groups is 3. The first kappa shape index (κ1) is 51.4. The largest absolute Gasteiger partial charge is 0.497 e. The molecular formula is C52H69N3O10S2. The van der Waals surface area contributed by atoms with Crippen molar-refractivity contribution in [2.45, 2.75) is 143 Å². The Bertz CT molecular complexity index is 2470. The van der Waals surface area contributed by atoms with Gasteiger partial charge in [0.05, 0.1) is 36.3 Å². The zero-order valence-electron chi connectivity index (χ0n) is 41.0. The van der Waals surface area contributed by atoms with Crippen molar-refractivity contribution in [3.05, 3.63) is 105 Å². The molecule has 0 bridgehead atoms. The zero-order valence-corrected chi connectivity index (χ0v) is 42.7. The average Bonchev–Trinajstić information content (AvgIpc) is 3.73. The van der Waals surface area contributed by atoms with Crippen LogP contribution < -0.4 is 14.8 Å². The summed E-state index contributed by atoms with van der Waals surface area (Å²) in [7, 11) is -2.45. The van der Waals surface area contributed by atoms with Crippen LogP contribution in [0.2, 0.25) is 0 Å². The Balaban J connectivity index is 1.21. The summed E-state index contributed by atoms with van der Waals surface area (Å²) in [6, 6.07) is 20.4. The van der Waals surface area contributed by atoms with E-state index >= 15 is 0 Å². The maximum atomic E-state index is 14.2. The summed E-state index contributed by atoms with van der Waals surface area (Å²) in [6.45, 7) is 20.0. The van der Waals surface area contributed by atoms with Gasteiger partial charge in [-0.1, -0.05) is 71.4 Å². The van der Waals surface area contributed by atoms with E-state index in [1.165, 1.54) is 34.9 Å². The highest BCUT2D eigenvalue weighted by Gasteiger charge is 2.52. The average molecular weight is 960 g/mol. The fourth-order valence-electron chi connectivity index (χ4n) is 8.66. The molecule has 15 heteroatoms. The molecule has 2 atom stereocenters. The van der Waals surface area contributed by atoms with Crippen LogP contribution in [0.25, 0.3) is 0 Å². The minimum absolute atomic E-state index is 0.00505. The Kier molecular flexibility index (Phi) is 16.2. The summed E-state index contributed by atoms with van der Waals surface area (Å²) in [4.78, 5) is 44.4. The molecule has 1 aliphatic carbocycles. The number of rotatable bonds is 18. The van der Waals surface area contributed by atoms with Crippen LogP contribution in [0.15, 0.2) is 77.7 Å². The van der Waals surface area contributed by atoms with E-state index in [-0.39, 0.29) is 41.8 Å². The molecule has 1 saturated heterocycles. The van der Waals surface area contributed by atoms with Gasteiger partial charge in [0, 0.05) is 29.1 Å². The molecule has 67 heavy (non-hydrogen) atoms. The molecule has 13 nitrogen and oxygen atoms in total. The van der Waals surface area contributed by atoms with Gasteiger partial charge in [-0.2, -0.15) is 4.31 Å². The van der Waals surface area contributed by atoms with Gasteiger partial charge in [-0.25, -0.2) is 18.0 Å². The lowest BCUT2D eigenvalue weighted by Crippen LogP contribution is -2.52. The molecule has 0 saturated carbocycles. The smallest absolute Gasteiger partial charge is 0.412 e. The van der Waals surface area contributed by atoms with E-state index in [9.17, 15) is 22.8 Å². The van der Waals surface area contributed by atoms with Crippen molar-refractivity contribution in [3.63, 3.8) is 0 Å². The molecule has 4 aromatic rings. The maximum Gasteiger partial charge on any atom is 0.412 e. The van der Waals surface area contributed by atoms with Crippen molar-refractivity contribution in [2.75, 3.05) is 32.1 Å². The SMILES string of the molecule is CCCCOC(=O)c1c(NC(=O)c2ccccc2COc2ccc(C[C@H]3[C@@H](CN(CC(C)C)S(=O)(=O)c4ccc(OC)cc4)OC(C)(C)N3C(=O)OC(C)(C)C)cc2)sc2c1CC(C)(C)CC2. The standard InChI is InChI=1S/C52H69N3O10S2/c1-12-13-28-62-48(57)45-41-30-51(7,8)27-26-44(41)66-47(45)53-46(56)40-17-15-14-16-36(40)33-63-38-20-18-35(19-21-38)29-42-43(64-52(9,10)55(42)49(58)65-50(4,5)6)32-54(31-34(2)3)67(59,60)39-24-22-37(61-11)23-25-39/h14-25,34,42-43H,12-13,26-33H2,1-11H3,(H,53,56)/t42-,43+/m0/s1. The van der Waals surface area contributed by atoms with Crippen molar-refractivity contribution in [2.24, 2.45) is 11.3 Å². The van der Waals surface area contributed by atoms with Gasteiger partial charge in [0.25, 0.3) is 5.91 Å². The highest BCUT2D eigenvalue weighted by atomic mass is 32.2. The first-order valence-corrected chi connectivity index (χ1v) is 25.5. The molecule has 364 valence electrons. The van der Waals surface area contributed by atoms with Gasteiger partial charge < -0.3 is 29.0 Å². The molecule has 0 unspecified atom stereocenters. The third kappa shape index (κ3) is 12.8. The quantitative estimate of drug-likeness (QED) is 0.0754. The van der Waals surface area contributed by atoms with E-state index in [0.29, 0.717) is 46.2 Å². The number of carbonyl (C=O) groups excluding carboxylic acids is 3. The highest BCUT2D eigenvalue weighted by Crippen LogP contribution is 2.44. The molecule has 0 spiro atoms. The molecule has 1 fully saturated rings. The van der Waals surface area contributed by atoms with Crippen molar-refractivity contribution in [3.8, 4) is 11.5 Å². The molecule has 1 N–H and O–H groups in total. The summed E-state index contributed by atoms with van der Waals surface area (Å²) in [5.41, 5.74) is 1.49. The molecular weight excluding hydrogens is 891 g/mol. The lowest BCUT2D eigenvalue weighted by atomic mass is 9.76. The zero-order chi connectivity index (χ0) is 48.9. The van der Waals surface area contributed by atoms with Crippen molar-refractivity contribution in [1.82, 2.24) is 9.21 Å². The number of benzene rings is 3. The number of methoxy groups -OCH3 is 1. The number of sulfonamides is 1. The van der Waals surface area contributed by atoms with Crippen LogP contribution in [0, 0.1) is 11.3 Å². The van der Waals surface area contributed by atoms with Crippen LogP contribution in [0.3, 0.4) is 0 Å². The normalized spacial score (nSPS) is 17.8. The van der Waals surface area contributed by atoms with Crippen LogP contribution in [0.5, 0.6) is 11.5 Å². The minimum Gasteiger partial charge on any atom is -0.497 e. The van der Waals surface area contributed by atoms with Crippen LogP contribution in [0.1, 0.15) is 131 Å². The summed E-state index contributed by atoms with van der Waals surface area (Å²) >= 11 is 1.46. The number of nitrogens with zero attached hydrogens (tertiary/aromatic N) is 2. The Hall–Kier alpha value is -4.96. The van der Waals surface area contributed by atoms with Gasteiger partial charge >= 0.3 is 12.1 Å². The van der Waals surface area contributed by atoms with Crippen LogP contribution in [0.4, 0.5) is 9.80 Å². The second-order valence-electron chi connectivity index (χ2n) is 20.2. The summed E-state index contributed by atoms with van der Waals surface area (Å²) in [5, 5.41) is 3.58. The Morgan fingerprint density at radius 1 is 0.970 bits per heavy atom. The number of nitrogens with one attached hydrogen (secondary N) is 1. The van der Waals surface area contributed by atoms with E-state index in [1.807, 2.05) is 57.2 Å². The highest BCUT2D eigenvalue weighted by molar-refractivity contribution is 7.89. The van der Waals surface area contributed by atoms with Crippen LogP contribution in [-0.2, 0) is 50.1 Å². The summed E-state index contributed by atoms with van der Waals surface area (Å²) < 4.78 is 59.7. The molecule has 2 aliphatic rings. The lowest BCUT2D eigenvalue weighted by Gasteiger charge is -2.35. The van der Waals surface area contributed by atoms with Crippen molar-refractivity contribution < 1.29 is 46.5 Å². The number of thiophene rings is 1. The van der Waals surface area contributed by atoms with Gasteiger partial charge in [-0.05, 0) is 132 Å². The van der Waals surface area contributed by atoms with Gasteiger partial charge in [0.2, 0.25) is 10.0 Å². The number of hydrogen-bond donors (Lipinski definition) is 1. The molecule has 1 aliphatic heterocycles. The minimum atomic E-state index is -3.98. The molecule has 2 amide bonds. The Morgan fingerprint density at radius 3 is 2.28 bits per heavy atom. The Labute approximate surface area is 401 Å². The van der Waals surface area contributed by atoms with E-state index in [2.05, 4.69) is 19.2 Å². The fourth-order valence-corrected chi connectivity index (χ4v) is 11.5. The first-order valence-electron chi connectivity index (χ1n) is 23.3. The monoisotopic (exact) mass is 959 g/mol. The number of esters is 1. The van der Waals surface area contributed by atoms with E-state index in [1.54, 1.807) is 63.8 Å². The van der Waals surface area contributed by atoms with E-state index < -0.39 is 45.6 Å². The number of fused-ring (bicyclic) bond motifs is 1. The number of unbranched alkanes of at least 4 members (excludes halogenated alkanes) is 1. The summed E-state index contributed by atoms with van der Waals surface area (Å²) in [6.07, 6.45) is 3.27. The number of ether oxygens (including phenoxy) is 5. The molecule has 3 aromatic carbocycles. The van der Waals surface area contributed by atoms with Crippen LogP contribution in [-0.4, -0.2) is 85.9 Å². The fraction of sp³-hybridized carbons (Fsp3) is 0.519. The molecule has 1 aromatic heterocycles. The van der Waals surface area contributed by atoms with Gasteiger partial charge in [0.15, 0.2) is 0 Å².